The van der Waals surface area contributed by atoms with Crippen LogP contribution < -0.4 is 0 Å². The lowest BCUT2D eigenvalue weighted by atomic mass is 10.0. The van der Waals surface area contributed by atoms with Crippen molar-refractivity contribution in [3.8, 4) is 0 Å². The Morgan fingerprint density at radius 2 is 2.29 bits per heavy atom. The number of ether oxygens (including phenoxy) is 1. The number of aromatic nitrogens is 2. The fourth-order valence-corrected chi connectivity index (χ4v) is 1.78. The van der Waals surface area contributed by atoms with E-state index in [9.17, 15) is 0 Å². The van der Waals surface area contributed by atoms with E-state index in [-0.39, 0.29) is 5.35 Å². The van der Waals surface area contributed by atoms with Crippen LogP contribution in [0.3, 0.4) is 0 Å². The third-order valence-electron chi connectivity index (χ3n) is 2.40. The average Bonchev–Trinajstić information content (AvgIpc) is 2.63. The predicted octanol–water partition coefficient (Wildman–Crippen LogP) is 2.22. The first-order chi connectivity index (χ1) is 6.84. The summed E-state index contributed by atoms with van der Waals surface area (Å²) in [5.74, 6) is 0.601. The lowest BCUT2D eigenvalue weighted by molar-refractivity contribution is 0.0106. The van der Waals surface area contributed by atoms with E-state index in [2.05, 4.69) is 10.2 Å². The Bertz CT molecular complexity index is 284. The molecule has 1 saturated heterocycles. The zero-order valence-electron chi connectivity index (χ0n) is 7.91. The minimum atomic E-state index is 0.115. The van der Waals surface area contributed by atoms with E-state index in [0.717, 1.165) is 25.9 Å². The predicted molar refractivity (Wildman–Crippen MR) is 51.2 cm³/mol. The molecule has 0 aromatic carbocycles. The highest BCUT2D eigenvalue weighted by Crippen LogP contribution is 2.17. The van der Waals surface area contributed by atoms with Gasteiger partial charge < -0.3 is 9.15 Å². The summed E-state index contributed by atoms with van der Waals surface area (Å²) in [6, 6.07) is 0. The second-order valence-electron chi connectivity index (χ2n) is 3.48. The molecule has 0 amide bonds. The van der Waals surface area contributed by atoms with Crippen molar-refractivity contribution in [3.05, 3.63) is 11.2 Å². The Kier molecular flexibility index (Phi) is 3.37. The Morgan fingerprint density at radius 1 is 1.36 bits per heavy atom. The van der Waals surface area contributed by atoms with Gasteiger partial charge in [0.25, 0.3) is 0 Å². The van der Waals surface area contributed by atoms with Gasteiger partial charge >= 0.3 is 5.35 Å². The van der Waals surface area contributed by atoms with Gasteiger partial charge in [-0.1, -0.05) is 5.10 Å². The molecule has 2 heterocycles. The molecule has 0 N–H and O–H groups in total. The van der Waals surface area contributed by atoms with E-state index in [1.54, 1.807) is 0 Å². The highest BCUT2D eigenvalue weighted by Gasteiger charge is 2.15. The summed E-state index contributed by atoms with van der Waals surface area (Å²) in [5, 5.41) is 7.50. The van der Waals surface area contributed by atoms with Crippen LogP contribution >= 0.6 is 11.6 Å². The summed E-state index contributed by atoms with van der Waals surface area (Å²) in [5.41, 5.74) is 0. The Labute approximate surface area is 87.6 Å². The normalized spacial score (nSPS) is 22.5. The molecule has 0 spiro atoms. The maximum Gasteiger partial charge on any atom is 0.312 e. The minimum Gasteiger partial charge on any atom is -0.412 e. The number of hydrogen-bond donors (Lipinski definition) is 0. The lowest BCUT2D eigenvalue weighted by Gasteiger charge is -2.21. The standard InChI is InChI=1S/C9H13ClN2O2/c10-9-12-11-8(14-9)5-4-7-3-1-2-6-13-7/h7H,1-6H2. The first-order valence-electron chi connectivity index (χ1n) is 4.94. The molecule has 1 aromatic heterocycles. The highest BCUT2D eigenvalue weighted by molar-refractivity contribution is 6.27. The number of halogens is 1. The van der Waals surface area contributed by atoms with Gasteiger partial charge in [-0.05, 0) is 37.3 Å². The van der Waals surface area contributed by atoms with Crippen LogP contribution in [0.2, 0.25) is 5.35 Å². The molecule has 1 fully saturated rings. The van der Waals surface area contributed by atoms with Crippen LogP contribution in [-0.4, -0.2) is 22.9 Å². The molecule has 0 aliphatic carbocycles. The van der Waals surface area contributed by atoms with Gasteiger partial charge in [-0.25, -0.2) is 0 Å². The van der Waals surface area contributed by atoms with E-state index >= 15 is 0 Å². The summed E-state index contributed by atoms with van der Waals surface area (Å²) in [6.07, 6.45) is 5.64. The van der Waals surface area contributed by atoms with E-state index in [4.69, 9.17) is 20.8 Å². The zero-order valence-corrected chi connectivity index (χ0v) is 8.66. The number of hydrogen-bond acceptors (Lipinski definition) is 4. The van der Waals surface area contributed by atoms with E-state index in [1.165, 1.54) is 12.8 Å². The van der Waals surface area contributed by atoms with E-state index in [0.29, 0.717) is 12.0 Å². The van der Waals surface area contributed by atoms with Gasteiger partial charge in [0.15, 0.2) is 0 Å². The van der Waals surface area contributed by atoms with Gasteiger partial charge in [0.05, 0.1) is 6.10 Å². The van der Waals surface area contributed by atoms with Crippen LogP contribution in [0.4, 0.5) is 0 Å². The summed E-state index contributed by atoms with van der Waals surface area (Å²) < 4.78 is 10.6. The molecule has 0 bridgehead atoms. The third kappa shape index (κ3) is 2.69. The van der Waals surface area contributed by atoms with Crippen molar-refractivity contribution >= 4 is 11.6 Å². The molecule has 1 aliphatic rings. The van der Waals surface area contributed by atoms with Crippen molar-refractivity contribution in [3.63, 3.8) is 0 Å². The molecular formula is C9H13ClN2O2. The maximum absolute atomic E-state index is 5.58. The topological polar surface area (TPSA) is 48.2 Å². The van der Waals surface area contributed by atoms with Crippen molar-refractivity contribution in [1.82, 2.24) is 10.2 Å². The van der Waals surface area contributed by atoms with Gasteiger partial charge in [0.2, 0.25) is 5.89 Å². The molecule has 4 nitrogen and oxygen atoms in total. The number of rotatable bonds is 3. The van der Waals surface area contributed by atoms with Gasteiger partial charge in [-0.2, -0.15) is 0 Å². The minimum absolute atomic E-state index is 0.115. The zero-order chi connectivity index (χ0) is 9.80. The second kappa shape index (κ2) is 4.75. The monoisotopic (exact) mass is 216 g/mol. The molecule has 14 heavy (non-hydrogen) atoms. The van der Waals surface area contributed by atoms with Crippen LogP contribution in [0.15, 0.2) is 4.42 Å². The van der Waals surface area contributed by atoms with E-state index < -0.39 is 0 Å². The highest BCUT2D eigenvalue weighted by atomic mass is 35.5. The summed E-state index contributed by atoms with van der Waals surface area (Å²) in [6.45, 7) is 0.884. The van der Waals surface area contributed by atoms with Gasteiger partial charge in [0, 0.05) is 13.0 Å². The first kappa shape index (κ1) is 9.93. The van der Waals surface area contributed by atoms with Crippen molar-refractivity contribution in [2.45, 2.75) is 38.2 Å². The summed E-state index contributed by atoms with van der Waals surface area (Å²) in [7, 11) is 0. The maximum atomic E-state index is 5.58. The quantitative estimate of drug-likeness (QED) is 0.778. The van der Waals surface area contributed by atoms with Crippen molar-refractivity contribution in [2.24, 2.45) is 0 Å². The van der Waals surface area contributed by atoms with E-state index in [1.807, 2.05) is 0 Å². The largest absolute Gasteiger partial charge is 0.412 e. The Morgan fingerprint density at radius 3 is 2.93 bits per heavy atom. The Hall–Kier alpha value is -0.610. The average molecular weight is 217 g/mol. The van der Waals surface area contributed by atoms with Crippen LogP contribution in [-0.2, 0) is 11.2 Å². The molecule has 78 valence electrons. The molecule has 1 unspecified atom stereocenters. The second-order valence-corrected chi connectivity index (χ2v) is 3.80. The van der Waals surface area contributed by atoms with Crippen LogP contribution in [0.1, 0.15) is 31.6 Å². The Balaban J connectivity index is 1.76. The molecule has 2 rings (SSSR count). The van der Waals surface area contributed by atoms with Gasteiger partial charge in [-0.15, -0.1) is 5.10 Å². The molecule has 1 atom stereocenters. The smallest absolute Gasteiger partial charge is 0.312 e. The molecule has 1 aromatic rings. The summed E-state index contributed by atoms with van der Waals surface area (Å²) in [4.78, 5) is 0. The molecular weight excluding hydrogens is 204 g/mol. The molecule has 5 heteroatoms. The van der Waals surface area contributed by atoms with Crippen LogP contribution in [0, 0.1) is 0 Å². The first-order valence-corrected chi connectivity index (χ1v) is 5.32. The molecule has 1 aliphatic heterocycles. The third-order valence-corrected chi connectivity index (χ3v) is 2.55. The lowest BCUT2D eigenvalue weighted by Crippen LogP contribution is -2.19. The van der Waals surface area contributed by atoms with Crippen molar-refractivity contribution in [1.29, 1.82) is 0 Å². The fourth-order valence-electron chi connectivity index (χ4n) is 1.65. The fraction of sp³-hybridized carbons (Fsp3) is 0.778. The van der Waals surface area contributed by atoms with Gasteiger partial charge in [0.1, 0.15) is 0 Å². The van der Waals surface area contributed by atoms with Crippen molar-refractivity contribution < 1.29 is 9.15 Å². The van der Waals surface area contributed by atoms with Crippen molar-refractivity contribution in [2.75, 3.05) is 6.61 Å². The van der Waals surface area contributed by atoms with Crippen LogP contribution in [0.25, 0.3) is 0 Å². The number of aryl methyl sites for hydroxylation is 1. The summed E-state index contributed by atoms with van der Waals surface area (Å²) >= 11 is 5.51. The SMILES string of the molecule is Clc1nnc(CCC2CCCCO2)o1. The van der Waals surface area contributed by atoms with Crippen LogP contribution in [0.5, 0.6) is 0 Å². The number of nitrogens with zero attached hydrogens (tertiary/aromatic N) is 2. The van der Waals surface area contributed by atoms with Gasteiger partial charge in [-0.3, -0.25) is 0 Å². The molecule has 0 saturated carbocycles. The molecule has 0 radical (unpaired) electrons.